The first-order valence-electron chi connectivity index (χ1n) is 6.56. The lowest BCUT2D eigenvalue weighted by Gasteiger charge is -2.26. The van der Waals surface area contributed by atoms with Crippen molar-refractivity contribution in [3.05, 3.63) is 23.8 Å². The summed E-state index contributed by atoms with van der Waals surface area (Å²) in [4.78, 5) is 2.47. The number of hydrogen-bond acceptors (Lipinski definition) is 4. The molecular formula is C14H20N4. The lowest BCUT2D eigenvalue weighted by atomic mass is 10.1. The fourth-order valence-electron chi connectivity index (χ4n) is 2.35. The molecule has 4 nitrogen and oxygen atoms in total. The average molecular weight is 244 g/mol. The van der Waals surface area contributed by atoms with Crippen molar-refractivity contribution in [2.24, 2.45) is 0 Å². The van der Waals surface area contributed by atoms with Gasteiger partial charge in [-0.1, -0.05) is 12.5 Å². The predicted octanol–water partition coefficient (Wildman–Crippen LogP) is 2.04. The largest absolute Gasteiger partial charge is 0.396 e. The Morgan fingerprint density at radius 1 is 1.28 bits per heavy atom. The third-order valence-electron chi connectivity index (χ3n) is 3.42. The summed E-state index contributed by atoms with van der Waals surface area (Å²) >= 11 is 0. The van der Waals surface area contributed by atoms with Crippen molar-refractivity contribution in [3.8, 4) is 6.07 Å². The molecule has 1 aliphatic rings. The van der Waals surface area contributed by atoms with Gasteiger partial charge in [0.2, 0.25) is 0 Å². The summed E-state index contributed by atoms with van der Waals surface area (Å²) in [5.41, 5.74) is 7.88. The summed E-state index contributed by atoms with van der Waals surface area (Å²) in [6.45, 7) is 4.32. The van der Waals surface area contributed by atoms with Gasteiger partial charge in [-0.05, 0) is 38.1 Å². The number of piperidine rings is 1. The van der Waals surface area contributed by atoms with Crippen LogP contribution < -0.4 is 11.1 Å². The zero-order valence-electron chi connectivity index (χ0n) is 10.7. The second-order valence-electron chi connectivity index (χ2n) is 4.71. The highest BCUT2D eigenvalue weighted by molar-refractivity contribution is 5.72. The molecule has 2 rings (SSSR count). The summed E-state index contributed by atoms with van der Waals surface area (Å²) in [6.07, 6.45) is 3.99. The minimum atomic E-state index is 0.540. The van der Waals surface area contributed by atoms with Crippen molar-refractivity contribution in [3.63, 3.8) is 0 Å². The SMILES string of the molecule is N#Cc1cccc(NCCN2CCCCC2)c1N. The van der Waals surface area contributed by atoms with E-state index >= 15 is 0 Å². The van der Waals surface area contributed by atoms with E-state index in [-0.39, 0.29) is 0 Å². The van der Waals surface area contributed by atoms with E-state index in [0.717, 1.165) is 18.8 Å². The van der Waals surface area contributed by atoms with Crippen LogP contribution in [0.2, 0.25) is 0 Å². The van der Waals surface area contributed by atoms with E-state index in [1.807, 2.05) is 12.1 Å². The van der Waals surface area contributed by atoms with Gasteiger partial charge in [0, 0.05) is 13.1 Å². The van der Waals surface area contributed by atoms with Gasteiger partial charge in [-0.25, -0.2) is 0 Å². The first kappa shape index (κ1) is 12.7. The Kier molecular flexibility index (Phi) is 4.43. The molecule has 1 heterocycles. The van der Waals surface area contributed by atoms with Gasteiger partial charge in [-0.3, -0.25) is 0 Å². The van der Waals surface area contributed by atoms with Crippen LogP contribution in [0.15, 0.2) is 18.2 Å². The van der Waals surface area contributed by atoms with Crippen LogP contribution in [0.1, 0.15) is 24.8 Å². The Hall–Kier alpha value is -1.73. The molecule has 3 N–H and O–H groups in total. The predicted molar refractivity (Wildman–Crippen MR) is 74.4 cm³/mol. The standard InChI is InChI=1S/C14H20N4/c15-11-12-5-4-6-13(14(12)16)17-7-10-18-8-2-1-3-9-18/h4-6,17H,1-3,7-10,16H2. The number of nitrogen functional groups attached to an aromatic ring is 1. The number of likely N-dealkylation sites (tertiary alicyclic amines) is 1. The Balaban J connectivity index is 1.84. The highest BCUT2D eigenvalue weighted by atomic mass is 15.1. The lowest BCUT2D eigenvalue weighted by molar-refractivity contribution is 0.237. The first-order chi connectivity index (χ1) is 8.81. The van der Waals surface area contributed by atoms with Crippen LogP contribution in [0.4, 0.5) is 11.4 Å². The number of benzene rings is 1. The van der Waals surface area contributed by atoms with Crippen molar-refractivity contribution in [2.75, 3.05) is 37.2 Å². The van der Waals surface area contributed by atoms with E-state index in [1.54, 1.807) is 6.07 Å². The molecule has 1 aromatic rings. The van der Waals surface area contributed by atoms with E-state index in [1.165, 1.54) is 32.4 Å². The monoisotopic (exact) mass is 244 g/mol. The number of rotatable bonds is 4. The van der Waals surface area contributed by atoms with Gasteiger partial charge >= 0.3 is 0 Å². The van der Waals surface area contributed by atoms with Crippen molar-refractivity contribution < 1.29 is 0 Å². The summed E-state index contributed by atoms with van der Waals surface area (Å²) in [5, 5.41) is 12.2. The number of nitrogens with one attached hydrogen (secondary N) is 1. The van der Waals surface area contributed by atoms with Gasteiger partial charge in [0.1, 0.15) is 6.07 Å². The number of hydrogen-bond donors (Lipinski definition) is 2. The van der Waals surface area contributed by atoms with Crippen molar-refractivity contribution in [1.29, 1.82) is 5.26 Å². The molecule has 96 valence electrons. The molecule has 1 aromatic carbocycles. The molecule has 0 atom stereocenters. The van der Waals surface area contributed by atoms with Crippen LogP contribution in [-0.2, 0) is 0 Å². The third kappa shape index (κ3) is 3.14. The summed E-state index contributed by atoms with van der Waals surface area (Å²) in [5.74, 6) is 0. The van der Waals surface area contributed by atoms with Crippen LogP contribution in [0, 0.1) is 11.3 Å². The highest BCUT2D eigenvalue weighted by Gasteiger charge is 2.09. The molecule has 1 fully saturated rings. The van der Waals surface area contributed by atoms with E-state index in [0.29, 0.717) is 11.3 Å². The topological polar surface area (TPSA) is 65.1 Å². The van der Waals surface area contributed by atoms with Gasteiger partial charge in [0.05, 0.1) is 16.9 Å². The van der Waals surface area contributed by atoms with Crippen LogP contribution in [0.5, 0.6) is 0 Å². The van der Waals surface area contributed by atoms with E-state index in [9.17, 15) is 0 Å². The smallest absolute Gasteiger partial charge is 0.101 e. The molecule has 1 saturated heterocycles. The quantitative estimate of drug-likeness (QED) is 0.795. The van der Waals surface area contributed by atoms with Gasteiger partial charge in [-0.15, -0.1) is 0 Å². The van der Waals surface area contributed by atoms with Crippen LogP contribution >= 0.6 is 0 Å². The van der Waals surface area contributed by atoms with E-state index in [4.69, 9.17) is 11.0 Å². The Morgan fingerprint density at radius 2 is 2.06 bits per heavy atom. The maximum atomic E-state index is 8.91. The number of nitriles is 1. The van der Waals surface area contributed by atoms with Crippen molar-refractivity contribution in [1.82, 2.24) is 4.90 Å². The number of para-hydroxylation sites is 1. The molecule has 0 radical (unpaired) electrons. The first-order valence-corrected chi connectivity index (χ1v) is 6.56. The molecule has 0 aromatic heterocycles. The fourth-order valence-corrected chi connectivity index (χ4v) is 2.35. The molecule has 0 amide bonds. The van der Waals surface area contributed by atoms with Crippen LogP contribution in [-0.4, -0.2) is 31.1 Å². The van der Waals surface area contributed by atoms with Gasteiger partial charge < -0.3 is 16.0 Å². The number of nitrogens with zero attached hydrogens (tertiary/aromatic N) is 2. The maximum Gasteiger partial charge on any atom is 0.101 e. The Labute approximate surface area is 108 Å². The summed E-state index contributed by atoms with van der Waals surface area (Å²) in [6, 6.07) is 7.62. The molecule has 4 heteroatoms. The fraction of sp³-hybridized carbons (Fsp3) is 0.500. The van der Waals surface area contributed by atoms with E-state index in [2.05, 4.69) is 16.3 Å². The minimum absolute atomic E-state index is 0.540. The second-order valence-corrected chi connectivity index (χ2v) is 4.71. The molecular weight excluding hydrogens is 224 g/mol. The van der Waals surface area contributed by atoms with Crippen LogP contribution in [0.3, 0.4) is 0 Å². The highest BCUT2D eigenvalue weighted by Crippen LogP contribution is 2.21. The third-order valence-corrected chi connectivity index (χ3v) is 3.42. The van der Waals surface area contributed by atoms with E-state index < -0.39 is 0 Å². The zero-order valence-corrected chi connectivity index (χ0v) is 10.7. The van der Waals surface area contributed by atoms with Crippen molar-refractivity contribution >= 4 is 11.4 Å². The Morgan fingerprint density at radius 3 is 2.78 bits per heavy atom. The lowest BCUT2D eigenvalue weighted by Crippen LogP contribution is -2.33. The summed E-state index contributed by atoms with van der Waals surface area (Å²) < 4.78 is 0. The molecule has 0 aliphatic carbocycles. The Bertz CT molecular complexity index is 430. The van der Waals surface area contributed by atoms with Crippen molar-refractivity contribution in [2.45, 2.75) is 19.3 Å². The van der Waals surface area contributed by atoms with Gasteiger partial charge in [0.15, 0.2) is 0 Å². The second kappa shape index (κ2) is 6.27. The minimum Gasteiger partial charge on any atom is -0.396 e. The molecule has 18 heavy (non-hydrogen) atoms. The van der Waals surface area contributed by atoms with Gasteiger partial charge in [0.25, 0.3) is 0 Å². The number of anilines is 2. The van der Waals surface area contributed by atoms with Crippen LogP contribution in [0.25, 0.3) is 0 Å². The molecule has 0 unspecified atom stereocenters. The maximum absolute atomic E-state index is 8.91. The molecule has 1 aliphatic heterocycles. The molecule has 0 spiro atoms. The average Bonchev–Trinajstić information content (AvgIpc) is 2.42. The number of nitrogens with two attached hydrogens (primary N) is 1. The summed E-state index contributed by atoms with van der Waals surface area (Å²) in [7, 11) is 0. The normalized spacial score (nSPS) is 16.2. The van der Waals surface area contributed by atoms with Gasteiger partial charge in [-0.2, -0.15) is 5.26 Å². The zero-order chi connectivity index (χ0) is 12.8. The molecule has 0 saturated carbocycles. The molecule has 0 bridgehead atoms.